The van der Waals surface area contributed by atoms with Crippen LogP contribution < -0.4 is 10.6 Å². The fraction of sp³-hybridized carbons (Fsp3) is 0.360. The van der Waals surface area contributed by atoms with Crippen LogP contribution >= 0.6 is 34.4 Å². The highest BCUT2D eigenvalue weighted by Crippen LogP contribution is 2.27. The van der Waals surface area contributed by atoms with E-state index in [9.17, 15) is 9.59 Å². The first-order chi connectivity index (χ1) is 16.2. The van der Waals surface area contributed by atoms with Crippen molar-refractivity contribution in [2.24, 2.45) is 13.0 Å². The zero-order chi connectivity index (χ0) is 24.8. The summed E-state index contributed by atoms with van der Waals surface area (Å²) in [7, 11) is 1.86. The summed E-state index contributed by atoms with van der Waals surface area (Å²) in [6.07, 6.45) is 0. The highest BCUT2D eigenvalue weighted by atomic mass is 127. The van der Waals surface area contributed by atoms with E-state index in [1.165, 1.54) is 11.8 Å². The molecule has 0 saturated heterocycles. The van der Waals surface area contributed by atoms with Gasteiger partial charge in [0.25, 0.3) is 5.91 Å². The smallest absolute Gasteiger partial charge is 0.251 e. The number of nitrogens with zero attached hydrogens (tertiary/aromatic N) is 3. The molecule has 0 saturated carbocycles. The molecule has 2 N–H and O–H groups in total. The molecule has 7 nitrogen and oxygen atoms in total. The molecule has 2 aromatic carbocycles. The number of thioether (sulfide) groups is 1. The zero-order valence-corrected chi connectivity index (χ0v) is 23.0. The van der Waals surface area contributed by atoms with Gasteiger partial charge in [-0.15, -0.1) is 10.2 Å². The Bertz CT molecular complexity index is 1150. The van der Waals surface area contributed by atoms with Gasteiger partial charge in [-0.2, -0.15) is 0 Å². The van der Waals surface area contributed by atoms with Crippen LogP contribution in [-0.2, 0) is 11.8 Å². The summed E-state index contributed by atoms with van der Waals surface area (Å²) >= 11 is 3.60. The van der Waals surface area contributed by atoms with Crippen molar-refractivity contribution in [2.75, 3.05) is 11.1 Å². The molecule has 0 aliphatic carbocycles. The molecule has 1 aromatic heterocycles. The number of rotatable bonds is 9. The van der Waals surface area contributed by atoms with Gasteiger partial charge < -0.3 is 15.2 Å². The van der Waals surface area contributed by atoms with Crippen LogP contribution in [0.15, 0.2) is 53.7 Å². The predicted molar refractivity (Wildman–Crippen MR) is 145 cm³/mol. The average molecular weight is 592 g/mol. The number of carbonyl (C=O) groups excluding carboxylic acids is 2. The largest absolute Gasteiger partial charge is 0.342 e. The van der Waals surface area contributed by atoms with Gasteiger partial charge in [0, 0.05) is 21.9 Å². The van der Waals surface area contributed by atoms with E-state index in [1.807, 2.05) is 55.8 Å². The van der Waals surface area contributed by atoms with Gasteiger partial charge in [-0.1, -0.05) is 57.7 Å². The number of hydrogen-bond donors (Lipinski definition) is 2. The molecule has 0 spiro atoms. The van der Waals surface area contributed by atoms with Crippen LogP contribution in [0.4, 0.5) is 5.69 Å². The van der Waals surface area contributed by atoms with Crippen molar-refractivity contribution in [1.82, 2.24) is 20.1 Å². The highest BCUT2D eigenvalue weighted by Gasteiger charge is 2.25. The topological polar surface area (TPSA) is 88.9 Å². The Balaban J connectivity index is 1.67. The lowest BCUT2D eigenvalue weighted by molar-refractivity contribution is -0.113. The maximum absolute atomic E-state index is 12.7. The first-order valence-corrected chi connectivity index (χ1v) is 13.2. The average Bonchev–Trinajstić information content (AvgIpc) is 3.17. The third kappa shape index (κ3) is 6.59. The zero-order valence-electron chi connectivity index (χ0n) is 20.0. The van der Waals surface area contributed by atoms with Gasteiger partial charge >= 0.3 is 0 Å². The third-order valence-corrected chi connectivity index (χ3v) is 7.07. The Hall–Kier alpha value is -2.40. The lowest BCUT2D eigenvalue weighted by Gasteiger charge is -2.21. The summed E-state index contributed by atoms with van der Waals surface area (Å²) in [5, 5.41) is 15.3. The number of hydrogen-bond acceptors (Lipinski definition) is 5. The Morgan fingerprint density at radius 2 is 1.76 bits per heavy atom. The number of carbonyl (C=O) groups is 2. The van der Waals surface area contributed by atoms with E-state index < -0.39 is 0 Å². The van der Waals surface area contributed by atoms with Crippen LogP contribution in [0.2, 0.25) is 0 Å². The lowest BCUT2D eigenvalue weighted by atomic mass is 10.0. The van der Waals surface area contributed by atoms with Crippen molar-refractivity contribution in [3.05, 3.63) is 69.1 Å². The number of nitrogens with one attached hydrogen (secondary N) is 2. The molecule has 0 aliphatic heterocycles. The number of benzene rings is 2. The second-order valence-electron chi connectivity index (χ2n) is 8.68. The van der Waals surface area contributed by atoms with Crippen molar-refractivity contribution < 1.29 is 9.59 Å². The van der Waals surface area contributed by atoms with Crippen LogP contribution in [0.1, 0.15) is 61.4 Å². The van der Waals surface area contributed by atoms with E-state index in [-0.39, 0.29) is 29.5 Å². The summed E-state index contributed by atoms with van der Waals surface area (Å²) < 4.78 is 2.98. The normalized spacial score (nSPS) is 12.1. The first-order valence-electron chi connectivity index (χ1n) is 11.1. The van der Waals surface area contributed by atoms with E-state index in [0.29, 0.717) is 22.5 Å². The highest BCUT2D eigenvalue weighted by molar-refractivity contribution is 14.1. The van der Waals surface area contributed by atoms with Gasteiger partial charge in [0.15, 0.2) is 11.0 Å². The second-order valence-corrected chi connectivity index (χ2v) is 10.9. The molecule has 3 rings (SSSR count). The van der Waals surface area contributed by atoms with Crippen LogP contribution in [0.25, 0.3) is 0 Å². The molecular weight excluding hydrogens is 561 g/mol. The SMILES string of the molecule is CC(C)c1cc(I)ccc1NC(=O)CSc1nnc(C(NC(=O)c2ccccc2)C(C)C)n1C. The minimum absolute atomic E-state index is 0.101. The molecule has 2 amide bonds. The standard InChI is InChI=1S/C25H30IN5O2S/c1-15(2)19-13-18(26)11-12-20(19)27-21(32)14-34-25-30-29-23(31(25)5)22(16(3)4)28-24(33)17-9-7-6-8-10-17/h6-13,15-16,22H,14H2,1-5H3,(H,27,32)(H,28,33). The quantitative estimate of drug-likeness (QED) is 0.257. The van der Waals surface area contributed by atoms with Crippen molar-refractivity contribution in [3.8, 4) is 0 Å². The molecule has 1 unspecified atom stereocenters. The van der Waals surface area contributed by atoms with Crippen molar-refractivity contribution >= 4 is 51.9 Å². The van der Waals surface area contributed by atoms with Gasteiger partial charge in [-0.25, -0.2) is 0 Å². The van der Waals surface area contributed by atoms with E-state index >= 15 is 0 Å². The number of halogens is 1. The Kier molecular flexibility index (Phi) is 9.12. The Morgan fingerprint density at radius 1 is 1.06 bits per heavy atom. The minimum Gasteiger partial charge on any atom is -0.342 e. The van der Waals surface area contributed by atoms with Crippen molar-refractivity contribution in [1.29, 1.82) is 0 Å². The lowest BCUT2D eigenvalue weighted by Crippen LogP contribution is -2.33. The van der Waals surface area contributed by atoms with Gasteiger partial charge in [0.2, 0.25) is 5.91 Å². The predicted octanol–water partition coefficient (Wildman–Crippen LogP) is 5.40. The van der Waals surface area contributed by atoms with Crippen molar-refractivity contribution in [2.45, 2.75) is 44.8 Å². The van der Waals surface area contributed by atoms with E-state index in [2.05, 4.69) is 63.3 Å². The third-order valence-electron chi connectivity index (χ3n) is 5.38. The summed E-state index contributed by atoms with van der Waals surface area (Å²) in [6.45, 7) is 8.27. The van der Waals surface area contributed by atoms with Crippen molar-refractivity contribution in [3.63, 3.8) is 0 Å². The minimum atomic E-state index is -0.311. The monoisotopic (exact) mass is 591 g/mol. The maximum atomic E-state index is 12.7. The molecule has 1 heterocycles. The molecule has 0 aliphatic rings. The van der Waals surface area contributed by atoms with E-state index in [0.717, 1.165) is 14.8 Å². The molecule has 0 radical (unpaired) electrons. The molecule has 9 heteroatoms. The van der Waals surface area contributed by atoms with E-state index in [1.54, 1.807) is 12.1 Å². The van der Waals surface area contributed by atoms with Gasteiger partial charge in [0.05, 0.1) is 11.8 Å². The second kappa shape index (κ2) is 11.8. The molecule has 3 aromatic rings. The van der Waals surface area contributed by atoms with Crippen LogP contribution in [0, 0.1) is 9.49 Å². The molecule has 34 heavy (non-hydrogen) atoms. The fourth-order valence-electron chi connectivity index (χ4n) is 3.51. The van der Waals surface area contributed by atoms with Gasteiger partial charge in [0.1, 0.15) is 0 Å². The summed E-state index contributed by atoms with van der Waals surface area (Å²) in [5.74, 6) is 1.01. The Labute approximate surface area is 218 Å². The molecule has 0 bridgehead atoms. The summed E-state index contributed by atoms with van der Waals surface area (Å²) in [4.78, 5) is 25.4. The number of amides is 2. The summed E-state index contributed by atoms with van der Waals surface area (Å²) in [5.41, 5.74) is 2.54. The first kappa shape index (κ1) is 26.2. The van der Waals surface area contributed by atoms with E-state index in [4.69, 9.17) is 0 Å². The molecular formula is C25H30IN5O2S. The van der Waals surface area contributed by atoms with Gasteiger partial charge in [-0.05, 0) is 70.3 Å². The van der Waals surface area contributed by atoms with Crippen LogP contribution in [0.5, 0.6) is 0 Å². The summed E-state index contributed by atoms with van der Waals surface area (Å²) in [6, 6.07) is 14.8. The molecule has 0 fully saturated rings. The van der Waals surface area contributed by atoms with Crippen LogP contribution in [0.3, 0.4) is 0 Å². The molecule has 1 atom stereocenters. The molecule has 180 valence electrons. The Morgan fingerprint density at radius 3 is 2.41 bits per heavy atom. The van der Waals surface area contributed by atoms with Crippen LogP contribution in [-0.4, -0.2) is 32.3 Å². The maximum Gasteiger partial charge on any atom is 0.251 e. The fourth-order valence-corrected chi connectivity index (χ4v) is 4.74. The number of aromatic nitrogens is 3. The number of anilines is 1. The van der Waals surface area contributed by atoms with Gasteiger partial charge in [-0.3, -0.25) is 9.59 Å².